The Morgan fingerprint density at radius 3 is 1.28 bits per heavy atom. The summed E-state index contributed by atoms with van der Waals surface area (Å²) in [5.74, 6) is 0. The van der Waals surface area contributed by atoms with Crippen LogP contribution in [-0.4, -0.2) is 111 Å². The Morgan fingerprint density at radius 2 is 0.860 bits per heavy atom. The van der Waals surface area contributed by atoms with Crippen LogP contribution in [0.1, 0.15) is 75.3 Å². The van der Waals surface area contributed by atoms with Gasteiger partial charge in [0.05, 0.1) is 71.0 Å². The largest absolute Gasteiger partial charge is 0.361 e. The maximum atomic E-state index is 14.1. The van der Waals surface area contributed by atoms with Crippen molar-refractivity contribution in [2.75, 3.05) is 34.3 Å². The second-order valence-electron chi connectivity index (χ2n) is 27.1. The lowest BCUT2D eigenvalue weighted by atomic mass is 10.0. The molecule has 0 saturated heterocycles. The number of anilines is 3. The molecule has 0 saturated carbocycles. The van der Waals surface area contributed by atoms with Gasteiger partial charge in [-0.1, -0.05) is 181 Å². The number of fused-ring (bicyclic) bond motifs is 4. The topological polar surface area (TPSA) is 221 Å². The molecule has 0 bridgehead atoms. The molecule has 0 aliphatic carbocycles. The number of thiophene rings is 1. The zero-order valence-corrected chi connectivity index (χ0v) is 63.3. The first-order chi connectivity index (χ1) is 52.1. The summed E-state index contributed by atoms with van der Waals surface area (Å²) in [5.41, 5.74) is 14.2. The number of aryl methyl sites for hydroxylation is 4. The molecule has 13 aromatic rings. The fourth-order valence-electron chi connectivity index (χ4n) is 14.5. The van der Waals surface area contributed by atoms with Gasteiger partial charge in [-0.25, -0.2) is 40.2 Å². The quantitative estimate of drug-likeness (QED) is 0.0610. The minimum absolute atomic E-state index is 0.00638. The average Bonchev–Trinajstić information content (AvgIpc) is 1.68. The van der Waals surface area contributed by atoms with Gasteiger partial charge in [0.15, 0.2) is 0 Å². The number of aromatic nitrogens is 7. The number of para-hydroxylation sites is 3. The fraction of sp³-hybridized carbons (Fsp3) is 0.229. The van der Waals surface area contributed by atoms with Gasteiger partial charge >= 0.3 is 0 Å². The summed E-state index contributed by atoms with van der Waals surface area (Å²) in [5, 5.41) is 3.14. The highest BCUT2D eigenvalue weighted by atomic mass is 35.5. The smallest absolute Gasteiger partial charge is 0.252 e. The molecule has 548 valence electrons. The summed E-state index contributed by atoms with van der Waals surface area (Å²) in [7, 11) is -11.1. The van der Waals surface area contributed by atoms with E-state index in [1.165, 1.54) is 28.0 Å². The molecule has 8 heterocycles. The van der Waals surface area contributed by atoms with Crippen LogP contribution in [0.5, 0.6) is 0 Å². The number of hydrogen-bond donors (Lipinski definition) is 3. The van der Waals surface area contributed by atoms with Gasteiger partial charge in [0.1, 0.15) is 4.21 Å². The van der Waals surface area contributed by atoms with E-state index in [1.807, 2.05) is 158 Å². The van der Waals surface area contributed by atoms with Crippen molar-refractivity contribution in [2.24, 2.45) is 0 Å². The van der Waals surface area contributed by atoms with Gasteiger partial charge in [-0.05, 0) is 144 Å². The van der Waals surface area contributed by atoms with Crippen molar-refractivity contribution < 1.29 is 25.3 Å². The Kier molecular flexibility index (Phi) is 23.3. The van der Waals surface area contributed by atoms with E-state index in [2.05, 4.69) is 104 Å². The highest BCUT2D eigenvalue weighted by Gasteiger charge is 2.39. The van der Waals surface area contributed by atoms with Crippen LogP contribution in [0.15, 0.2) is 288 Å². The van der Waals surface area contributed by atoms with E-state index in [9.17, 15) is 25.3 Å². The number of imidazole rings is 3. The SMILES string of the molecule is Cc1ccc(Cl)cc1S(=O)(=O)N1Cc2ccccc2N(Cc2cnc[nH]2)C(CCc2ccccc2)C1.O=S(=O)(c1ccc2cccnc2c1)N1Cc2ccccc2N(Cc2cnc[nH]2)C(CCc2ccccc2)C1.O=S(=O)(c1cccs1)N1Cc2ccccc2N(Cc2cnc[nH]2)C(CCc2ccccc2)C1. The molecule has 16 rings (SSSR count). The molecule has 0 spiro atoms. The van der Waals surface area contributed by atoms with Crippen LogP contribution < -0.4 is 14.7 Å². The maximum Gasteiger partial charge on any atom is 0.252 e. The Morgan fingerprint density at radius 1 is 0.439 bits per heavy atom. The molecule has 24 heteroatoms. The first-order valence-corrected chi connectivity index (χ1v) is 41.4. The number of H-pyrrole nitrogens is 3. The summed E-state index contributed by atoms with van der Waals surface area (Å²) >= 11 is 7.49. The third-order valence-corrected chi connectivity index (χ3v) is 27.3. The van der Waals surface area contributed by atoms with Crippen molar-refractivity contribution in [3.8, 4) is 0 Å². The van der Waals surface area contributed by atoms with E-state index >= 15 is 0 Å². The Hall–Kier alpha value is -10.1. The lowest BCUT2D eigenvalue weighted by Gasteiger charge is -2.34. The number of halogens is 1. The molecule has 5 aromatic heterocycles. The number of pyridine rings is 1. The third kappa shape index (κ3) is 17.7. The van der Waals surface area contributed by atoms with E-state index in [4.69, 9.17) is 11.6 Å². The van der Waals surface area contributed by atoms with Crippen LogP contribution in [0.2, 0.25) is 5.02 Å². The van der Waals surface area contributed by atoms with Crippen molar-refractivity contribution >= 4 is 81.0 Å². The Labute approximate surface area is 635 Å². The van der Waals surface area contributed by atoms with Gasteiger partial charge in [0, 0.05) is 110 Å². The van der Waals surface area contributed by atoms with Crippen molar-refractivity contribution in [3.05, 3.63) is 335 Å². The van der Waals surface area contributed by atoms with Crippen LogP contribution in [0.4, 0.5) is 17.1 Å². The zero-order valence-electron chi connectivity index (χ0n) is 59.3. The molecule has 19 nitrogen and oxygen atoms in total. The molecule has 3 aliphatic heterocycles. The normalized spacial score (nSPS) is 16.6. The van der Waals surface area contributed by atoms with Crippen molar-refractivity contribution in [1.29, 1.82) is 0 Å². The summed E-state index contributed by atoms with van der Waals surface area (Å²) in [6, 6.07) is 72.8. The summed E-state index contributed by atoms with van der Waals surface area (Å²) in [4.78, 5) is 34.2. The molecule has 0 amide bonds. The number of sulfonamides is 3. The lowest BCUT2D eigenvalue weighted by molar-refractivity contribution is 0.369. The van der Waals surface area contributed by atoms with Gasteiger partial charge in [-0.2, -0.15) is 12.9 Å². The molecular formula is C83H84ClN13O6S4. The molecule has 3 aliphatic rings. The molecule has 0 fully saturated rings. The second-order valence-corrected chi connectivity index (χ2v) is 34.5. The van der Waals surface area contributed by atoms with Crippen molar-refractivity contribution in [1.82, 2.24) is 47.8 Å². The molecule has 107 heavy (non-hydrogen) atoms. The highest BCUT2D eigenvalue weighted by Crippen LogP contribution is 2.39. The molecule has 3 unspecified atom stereocenters. The first-order valence-electron chi connectivity index (χ1n) is 35.8. The number of hydrogen-bond acceptors (Lipinski definition) is 14. The molecule has 3 atom stereocenters. The summed E-state index contributed by atoms with van der Waals surface area (Å²) in [6.45, 7) is 5.81. The lowest BCUT2D eigenvalue weighted by Crippen LogP contribution is -2.43. The summed E-state index contributed by atoms with van der Waals surface area (Å²) < 4.78 is 88.6. The van der Waals surface area contributed by atoms with Gasteiger partial charge < -0.3 is 29.7 Å². The van der Waals surface area contributed by atoms with Crippen LogP contribution >= 0.6 is 22.9 Å². The van der Waals surface area contributed by atoms with E-state index in [0.29, 0.717) is 79.2 Å². The van der Waals surface area contributed by atoms with Gasteiger partial charge in [-0.15, -0.1) is 11.3 Å². The maximum absolute atomic E-state index is 14.1. The first kappa shape index (κ1) is 73.8. The van der Waals surface area contributed by atoms with E-state index in [-0.39, 0.29) is 27.9 Å². The monoisotopic (exact) mass is 1520 g/mol. The molecule has 0 radical (unpaired) electrons. The van der Waals surface area contributed by atoms with Crippen LogP contribution in [0.25, 0.3) is 10.9 Å². The predicted octanol–water partition coefficient (Wildman–Crippen LogP) is 15.4. The standard InChI is InChI=1S/C30H29N5O2S.C28H29ClN4O2S.C25H26N4O2S2/c36-38(37,28-15-13-24-10-6-16-32-29(24)17-28)34-19-25-9-4-5-11-30(25)35(20-26-18-31-22-33-26)27(21-34)14-12-23-7-2-1-3-8-23;1-21-11-13-24(29)15-28(21)36(34,35)32-17-23-9-5-6-10-27(23)33(18-25-16-30-20-31-25)26(19-32)14-12-22-7-3-2-4-8-22;30-33(31,25-11-6-14-32-25)28-16-21-9-4-5-10-24(21)29(17-22-15-26-19-27-22)23(18-28)13-12-20-7-2-1-3-8-20/h1-11,13,15-18,22,27H,12,14,19-21H2,(H,31,33);2-11,13,15-16,20,26H,12,14,17-19H2,1H3,(H,30,31);1-11,14-15,19,23H,12-13,16-18H2,(H,26,27). The van der Waals surface area contributed by atoms with Crippen LogP contribution in [0.3, 0.4) is 0 Å². The minimum Gasteiger partial charge on any atom is -0.361 e. The Balaban J connectivity index is 0.000000135. The second kappa shape index (κ2) is 33.8. The highest BCUT2D eigenvalue weighted by molar-refractivity contribution is 7.91. The van der Waals surface area contributed by atoms with Gasteiger partial charge in [0.25, 0.3) is 10.0 Å². The number of rotatable bonds is 21. The van der Waals surface area contributed by atoms with E-state index in [1.54, 1.807) is 80.6 Å². The minimum atomic E-state index is -3.78. The number of benzene rings is 8. The number of nitrogens with zero attached hydrogens (tertiary/aromatic N) is 10. The van der Waals surface area contributed by atoms with Gasteiger partial charge in [0.2, 0.25) is 20.0 Å². The van der Waals surface area contributed by atoms with E-state index in [0.717, 1.165) is 94.7 Å². The van der Waals surface area contributed by atoms with Crippen LogP contribution in [0, 0.1) is 6.92 Å². The number of nitrogens with one attached hydrogen (secondary N) is 3. The van der Waals surface area contributed by atoms with E-state index < -0.39 is 30.1 Å². The molecular weight excluding hydrogens is 1440 g/mol. The third-order valence-electron chi connectivity index (χ3n) is 20.1. The average molecular weight is 1520 g/mol. The van der Waals surface area contributed by atoms with Crippen molar-refractivity contribution in [2.45, 2.75) is 117 Å². The Bertz CT molecular complexity index is 5400. The zero-order chi connectivity index (χ0) is 73.7. The van der Waals surface area contributed by atoms with Crippen LogP contribution in [-0.2, 0) is 88.6 Å². The fourth-order valence-corrected chi connectivity index (χ4v) is 20.6. The predicted molar refractivity (Wildman–Crippen MR) is 424 cm³/mol. The van der Waals surface area contributed by atoms with Crippen molar-refractivity contribution in [3.63, 3.8) is 0 Å². The summed E-state index contributed by atoms with van der Waals surface area (Å²) in [6.07, 6.45) is 17.2. The van der Waals surface area contributed by atoms with Gasteiger partial charge in [-0.3, -0.25) is 4.98 Å². The molecule has 8 aromatic carbocycles. The molecule has 3 N–H and O–H groups in total. The number of aromatic amines is 3.